The van der Waals surface area contributed by atoms with E-state index in [-0.39, 0.29) is 5.41 Å². The summed E-state index contributed by atoms with van der Waals surface area (Å²) < 4.78 is 1.14. The molecule has 0 radical (unpaired) electrons. The SMILES string of the molecule is Cc1ccc2nc(-c3ccc(NC(=O)C(=O)Nc4ccc(C(C)(C)C)cc4)cc3)sc2c1. The van der Waals surface area contributed by atoms with Crippen LogP contribution >= 0.6 is 11.3 Å². The van der Waals surface area contributed by atoms with Crippen molar-refractivity contribution >= 4 is 44.7 Å². The van der Waals surface area contributed by atoms with Gasteiger partial charge in [-0.3, -0.25) is 9.59 Å². The average molecular weight is 444 g/mol. The molecule has 4 rings (SSSR count). The molecule has 6 heteroatoms. The van der Waals surface area contributed by atoms with Crippen molar-refractivity contribution in [3.05, 3.63) is 77.9 Å². The van der Waals surface area contributed by atoms with E-state index < -0.39 is 11.8 Å². The van der Waals surface area contributed by atoms with E-state index >= 15 is 0 Å². The molecule has 32 heavy (non-hydrogen) atoms. The lowest BCUT2D eigenvalue weighted by molar-refractivity contribution is -0.132. The normalized spacial score (nSPS) is 11.4. The van der Waals surface area contributed by atoms with Crippen molar-refractivity contribution < 1.29 is 9.59 Å². The van der Waals surface area contributed by atoms with E-state index in [1.54, 1.807) is 35.6 Å². The quantitative estimate of drug-likeness (QED) is 0.373. The first-order chi connectivity index (χ1) is 15.2. The summed E-state index contributed by atoms with van der Waals surface area (Å²) in [5, 5.41) is 6.20. The van der Waals surface area contributed by atoms with Crippen molar-refractivity contribution in [2.24, 2.45) is 0 Å². The Morgan fingerprint density at radius 3 is 1.94 bits per heavy atom. The lowest BCUT2D eigenvalue weighted by Gasteiger charge is -2.19. The van der Waals surface area contributed by atoms with Gasteiger partial charge in [-0.1, -0.05) is 39.0 Å². The largest absolute Gasteiger partial charge is 0.318 e. The lowest BCUT2D eigenvalue weighted by Crippen LogP contribution is -2.29. The Bertz CT molecular complexity index is 1280. The Kier molecular flexibility index (Phi) is 5.80. The van der Waals surface area contributed by atoms with Gasteiger partial charge in [-0.25, -0.2) is 4.98 Å². The van der Waals surface area contributed by atoms with Gasteiger partial charge in [-0.05, 0) is 72.0 Å². The molecule has 1 heterocycles. The van der Waals surface area contributed by atoms with Crippen LogP contribution in [0.5, 0.6) is 0 Å². The summed E-state index contributed by atoms with van der Waals surface area (Å²) in [7, 11) is 0. The van der Waals surface area contributed by atoms with Gasteiger partial charge in [0.25, 0.3) is 0 Å². The molecule has 0 fully saturated rings. The number of rotatable bonds is 3. The van der Waals surface area contributed by atoms with E-state index in [0.29, 0.717) is 11.4 Å². The predicted octanol–water partition coefficient (Wildman–Crippen LogP) is 6.15. The Morgan fingerprint density at radius 1 is 0.812 bits per heavy atom. The van der Waals surface area contributed by atoms with Crippen LogP contribution in [-0.2, 0) is 15.0 Å². The Hall–Kier alpha value is -3.51. The van der Waals surface area contributed by atoms with Gasteiger partial charge in [0.05, 0.1) is 10.2 Å². The zero-order valence-corrected chi connectivity index (χ0v) is 19.3. The third-order valence-electron chi connectivity index (χ3n) is 5.15. The van der Waals surface area contributed by atoms with Crippen molar-refractivity contribution in [2.75, 3.05) is 10.6 Å². The Labute approximate surface area is 191 Å². The topological polar surface area (TPSA) is 71.1 Å². The molecule has 2 amide bonds. The first kappa shape index (κ1) is 21.7. The van der Waals surface area contributed by atoms with Gasteiger partial charge in [-0.2, -0.15) is 0 Å². The van der Waals surface area contributed by atoms with Crippen LogP contribution in [-0.4, -0.2) is 16.8 Å². The molecule has 0 bridgehead atoms. The molecule has 4 aromatic rings. The fourth-order valence-electron chi connectivity index (χ4n) is 3.28. The maximum atomic E-state index is 12.3. The number of hydrogen-bond acceptors (Lipinski definition) is 4. The molecule has 5 nitrogen and oxygen atoms in total. The Morgan fingerprint density at radius 2 is 1.38 bits per heavy atom. The molecule has 0 aliphatic rings. The summed E-state index contributed by atoms with van der Waals surface area (Å²) in [6, 6.07) is 21.0. The van der Waals surface area contributed by atoms with Gasteiger partial charge >= 0.3 is 11.8 Å². The van der Waals surface area contributed by atoms with E-state index in [1.165, 1.54) is 5.56 Å². The fourth-order valence-corrected chi connectivity index (χ4v) is 4.35. The van der Waals surface area contributed by atoms with Crippen LogP contribution in [0.1, 0.15) is 31.9 Å². The second-order valence-electron chi connectivity index (χ2n) is 8.80. The maximum absolute atomic E-state index is 12.3. The highest BCUT2D eigenvalue weighted by Crippen LogP contribution is 2.31. The van der Waals surface area contributed by atoms with E-state index in [9.17, 15) is 9.59 Å². The molecule has 1 aromatic heterocycles. The summed E-state index contributed by atoms with van der Waals surface area (Å²) in [6.45, 7) is 8.43. The number of amides is 2. The second-order valence-corrected chi connectivity index (χ2v) is 9.83. The molecule has 0 saturated carbocycles. The Balaban J connectivity index is 1.40. The average Bonchev–Trinajstić information content (AvgIpc) is 3.17. The minimum Gasteiger partial charge on any atom is -0.318 e. The summed E-state index contributed by atoms with van der Waals surface area (Å²) in [5.41, 5.74) is 5.45. The third kappa shape index (κ3) is 4.86. The minimum absolute atomic E-state index is 0.0242. The number of thiazole rings is 1. The minimum atomic E-state index is -0.715. The van der Waals surface area contributed by atoms with Gasteiger partial charge in [-0.15, -0.1) is 11.3 Å². The molecule has 0 aliphatic heterocycles. The van der Waals surface area contributed by atoms with Crippen molar-refractivity contribution in [3.63, 3.8) is 0 Å². The number of nitrogens with zero attached hydrogens (tertiary/aromatic N) is 1. The molecule has 0 saturated heterocycles. The molecular weight excluding hydrogens is 418 g/mol. The number of carbonyl (C=O) groups excluding carboxylic acids is 2. The zero-order valence-electron chi connectivity index (χ0n) is 18.5. The number of aromatic nitrogens is 1. The van der Waals surface area contributed by atoms with E-state index in [0.717, 1.165) is 26.4 Å². The molecular formula is C26H25N3O2S. The van der Waals surface area contributed by atoms with Gasteiger partial charge in [0.2, 0.25) is 0 Å². The van der Waals surface area contributed by atoms with Gasteiger partial charge in [0.1, 0.15) is 5.01 Å². The van der Waals surface area contributed by atoms with Gasteiger partial charge in [0, 0.05) is 16.9 Å². The first-order valence-electron chi connectivity index (χ1n) is 10.4. The van der Waals surface area contributed by atoms with Crippen LogP contribution in [0, 0.1) is 6.92 Å². The molecule has 0 spiro atoms. The van der Waals surface area contributed by atoms with Gasteiger partial charge in [0.15, 0.2) is 0 Å². The van der Waals surface area contributed by atoms with E-state index in [4.69, 9.17) is 0 Å². The van der Waals surface area contributed by atoms with Crippen LogP contribution in [0.2, 0.25) is 0 Å². The standard InChI is InChI=1S/C26H25N3O2S/c1-16-5-14-21-22(15-16)32-25(29-21)17-6-10-19(11-7-17)27-23(30)24(31)28-20-12-8-18(9-13-20)26(2,3)4/h5-15H,1-4H3,(H,27,30)(H,28,31). The number of anilines is 2. The predicted molar refractivity (Wildman–Crippen MR) is 132 cm³/mol. The highest BCUT2D eigenvalue weighted by molar-refractivity contribution is 7.21. The van der Waals surface area contributed by atoms with Crippen molar-refractivity contribution in [1.29, 1.82) is 0 Å². The number of benzene rings is 3. The summed E-state index contributed by atoms with van der Waals surface area (Å²) >= 11 is 1.63. The molecule has 0 aliphatic carbocycles. The smallest absolute Gasteiger partial charge is 0.314 e. The third-order valence-corrected chi connectivity index (χ3v) is 6.22. The number of carbonyl (C=O) groups is 2. The highest BCUT2D eigenvalue weighted by atomic mass is 32.1. The summed E-state index contributed by atoms with van der Waals surface area (Å²) in [4.78, 5) is 29.3. The highest BCUT2D eigenvalue weighted by Gasteiger charge is 2.16. The number of nitrogens with one attached hydrogen (secondary N) is 2. The van der Waals surface area contributed by atoms with E-state index in [2.05, 4.69) is 55.4 Å². The van der Waals surface area contributed by atoms with Crippen LogP contribution in [0.3, 0.4) is 0 Å². The number of hydrogen-bond donors (Lipinski definition) is 2. The molecule has 3 aromatic carbocycles. The molecule has 2 N–H and O–H groups in total. The number of aryl methyl sites for hydroxylation is 1. The molecule has 0 atom stereocenters. The maximum Gasteiger partial charge on any atom is 0.314 e. The first-order valence-corrected chi connectivity index (χ1v) is 11.2. The molecule has 162 valence electrons. The van der Waals surface area contributed by atoms with Crippen molar-refractivity contribution in [1.82, 2.24) is 4.98 Å². The summed E-state index contributed by atoms with van der Waals surface area (Å²) in [6.07, 6.45) is 0. The zero-order chi connectivity index (χ0) is 22.9. The monoisotopic (exact) mass is 443 g/mol. The van der Waals surface area contributed by atoms with E-state index in [1.807, 2.05) is 30.3 Å². The number of fused-ring (bicyclic) bond motifs is 1. The van der Waals surface area contributed by atoms with Crippen LogP contribution in [0.4, 0.5) is 11.4 Å². The second kappa shape index (κ2) is 8.55. The van der Waals surface area contributed by atoms with Crippen molar-refractivity contribution in [3.8, 4) is 10.6 Å². The van der Waals surface area contributed by atoms with Crippen LogP contribution < -0.4 is 10.6 Å². The molecule has 0 unspecified atom stereocenters. The lowest BCUT2D eigenvalue weighted by atomic mass is 9.87. The van der Waals surface area contributed by atoms with Gasteiger partial charge < -0.3 is 10.6 Å². The summed E-state index contributed by atoms with van der Waals surface area (Å²) in [5.74, 6) is -1.42. The van der Waals surface area contributed by atoms with Crippen molar-refractivity contribution in [2.45, 2.75) is 33.1 Å². The fraction of sp³-hybridized carbons (Fsp3) is 0.192. The van der Waals surface area contributed by atoms with Crippen LogP contribution in [0.25, 0.3) is 20.8 Å². The van der Waals surface area contributed by atoms with Crippen LogP contribution in [0.15, 0.2) is 66.7 Å².